The largest absolute Gasteiger partial charge is 0.469 e. The van der Waals surface area contributed by atoms with Crippen LogP contribution in [0.15, 0.2) is 0 Å². The Labute approximate surface area is 129 Å². The zero-order chi connectivity index (χ0) is 15.5. The Morgan fingerprint density at radius 2 is 1.81 bits per heavy atom. The number of Topliss-reactive ketones (excluding diaryl/α,β-unsaturated/α-hetero) is 1. The van der Waals surface area contributed by atoms with Gasteiger partial charge in [0.15, 0.2) is 0 Å². The number of unbranched alkanes of at least 4 members (excludes halogenated alkanes) is 5. The Kier molecular flexibility index (Phi) is 9.36. The molecule has 0 radical (unpaired) electrons. The van der Waals surface area contributed by atoms with Crippen molar-refractivity contribution in [2.24, 2.45) is 11.8 Å². The van der Waals surface area contributed by atoms with Crippen LogP contribution >= 0.6 is 0 Å². The van der Waals surface area contributed by atoms with E-state index in [1.54, 1.807) is 0 Å². The number of carbonyl (C=O) groups excluding carboxylic acids is 2. The molecule has 0 bridgehead atoms. The van der Waals surface area contributed by atoms with Crippen molar-refractivity contribution in [3.63, 3.8) is 0 Å². The monoisotopic (exact) mass is 296 g/mol. The molecule has 1 aliphatic carbocycles. The van der Waals surface area contributed by atoms with Gasteiger partial charge in [0, 0.05) is 18.8 Å². The highest BCUT2D eigenvalue weighted by molar-refractivity contribution is 5.83. The van der Waals surface area contributed by atoms with Crippen molar-refractivity contribution in [1.29, 1.82) is 0 Å². The Balaban J connectivity index is 2.13. The fraction of sp³-hybridized carbons (Fsp3) is 0.889. The summed E-state index contributed by atoms with van der Waals surface area (Å²) < 4.78 is 4.63. The molecule has 3 nitrogen and oxygen atoms in total. The molecule has 1 aliphatic rings. The molecule has 1 fully saturated rings. The van der Waals surface area contributed by atoms with Crippen molar-refractivity contribution < 1.29 is 14.3 Å². The maximum atomic E-state index is 12.0. The second kappa shape index (κ2) is 10.8. The number of ether oxygens (including phenoxy) is 1. The van der Waals surface area contributed by atoms with E-state index >= 15 is 0 Å². The molecular weight excluding hydrogens is 264 g/mol. The molecule has 0 aromatic carbocycles. The van der Waals surface area contributed by atoms with Crippen LogP contribution in [-0.2, 0) is 14.3 Å². The van der Waals surface area contributed by atoms with Gasteiger partial charge in [-0.05, 0) is 31.6 Å². The topological polar surface area (TPSA) is 43.4 Å². The Bertz CT molecular complexity index is 312. The number of ketones is 1. The van der Waals surface area contributed by atoms with Crippen molar-refractivity contribution >= 4 is 11.8 Å². The molecule has 122 valence electrons. The summed E-state index contributed by atoms with van der Waals surface area (Å²) in [5.41, 5.74) is 0. The van der Waals surface area contributed by atoms with Gasteiger partial charge in [-0.15, -0.1) is 0 Å². The Morgan fingerprint density at radius 3 is 2.52 bits per heavy atom. The first-order valence-electron chi connectivity index (χ1n) is 8.78. The van der Waals surface area contributed by atoms with Gasteiger partial charge < -0.3 is 4.74 Å². The van der Waals surface area contributed by atoms with Gasteiger partial charge in [0.05, 0.1) is 7.11 Å². The zero-order valence-corrected chi connectivity index (χ0v) is 13.9. The molecule has 0 aromatic rings. The van der Waals surface area contributed by atoms with Gasteiger partial charge in [-0.2, -0.15) is 0 Å². The van der Waals surface area contributed by atoms with Crippen LogP contribution in [0.4, 0.5) is 0 Å². The van der Waals surface area contributed by atoms with Crippen LogP contribution in [0.2, 0.25) is 0 Å². The highest BCUT2D eigenvalue weighted by Gasteiger charge is 2.33. The van der Waals surface area contributed by atoms with E-state index in [-0.39, 0.29) is 5.97 Å². The number of esters is 1. The van der Waals surface area contributed by atoms with Crippen LogP contribution in [0.25, 0.3) is 0 Å². The molecule has 0 aliphatic heterocycles. The lowest BCUT2D eigenvalue weighted by Crippen LogP contribution is -2.14. The fourth-order valence-corrected chi connectivity index (χ4v) is 3.47. The summed E-state index contributed by atoms with van der Waals surface area (Å²) in [6.45, 7) is 2.23. The van der Waals surface area contributed by atoms with E-state index in [1.165, 1.54) is 32.8 Å². The normalized spacial score (nSPS) is 21.7. The smallest absolute Gasteiger partial charge is 0.305 e. The average molecular weight is 296 g/mol. The lowest BCUT2D eigenvalue weighted by Gasteiger charge is -2.18. The van der Waals surface area contributed by atoms with Gasteiger partial charge in [-0.1, -0.05) is 45.4 Å². The van der Waals surface area contributed by atoms with E-state index in [0.29, 0.717) is 24.0 Å². The molecule has 3 heteroatoms. The molecule has 0 spiro atoms. The predicted molar refractivity (Wildman–Crippen MR) is 85.1 cm³/mol. The van der Waals surface area contributed by atoms with E-state index < -0.39 is 0 Å². The summed E-state index contributed by atoms with van der Waals surface area (Å²) in [5, 5.41) is 0. The minimum absolute atomic E-state index is 0.114. The predicted octanol–water partition coefficient (Wildman–Crippen LogP) is 4.68. The summed E-state index contributed by atoms with van der Waals surface area (Å²) in [7, 11) is 1.44. The van der Waals surface area contributed by atoms with E-state index in [1.807, 2.05) is 0 Å². The third-order valence-electron chi connectivity index (χ3n) is 4.80. The molecular formula is C18H32O3. The van der Waals surface area contributed by atoms with E-state index in [9.17, 15) is 9.59 Å². The molecule has 0 aromatic heterocycles. The third kappa shape index (κ3) is 7.10. The van der Waals surface area contributed by atoms with Crippen molar-refractivity contribution in [2.45, 2.75) is 84.0 Å². The standard InChI is InChI=1S/C18H32O3/c1-3-4-7-10-15-13-14-17(19)16(15)11-8-5-6-9-12-18(20)21-2/h15-16H,3-14H2,1-2H3. The summed E-state index contributed by atoms with van der Waals surface area (Å²) in [4.78, 5) is 23.0. The first-order valence-corrected chi connectivity index (χ1v) is 8.78. The lowest BCUT2D eigenvalue weighted by molar-refractivity contribution is -0.140. The molecule has 2 unspecified atom stereocenters. The first kappa shape index (κ1) is 18.2. The number of rotatable bonds is 11. The number of hydrogen-bond acceptors (Lipinski definition) is 3. The van der Waals surface area contributed by atoms with Crippen LogP contribution in [-0.4, -0.2) is 18.9 Å². The molecule has 0 heterocycles. The fourth-order valence-electron chi connectivity index (χ4n) is 3.47. The minimum atomic E-state index is -0.114. The van der Waals surface area contributed by atoms with Gasteiger partial charge in [-0.3, -0.25) is 9.59 Å². The molecule has 0 N–H and O–H groups in total. The lowest BCUT2D eigenvalue weighted by atomic mass is 9.86. The summed E-state index contributed by atoms with van der Waals surface area (Å²) in [5.74, 6) is 1.38. The maximum Gasteiger partial charge on any atom is 0.305 e. The summed E-state index contributed by atoms with van der Waals surface area (Å²) in [6, 6.07) is 0. The molecule has 21 heavy (non-hydrogen) atoms. The van der Waals surface area contributed by atoms with E-state index in [4.69, 9.17) is 0 Å². The van der Waals surface area contributed by atoms with Crippen LogP contribution < -0.4 is 0 Å². The van der Waals surface area contributed by atoms with Gasteiger partial charge >= 0.3 is 5.97 Å². The van der Waals surface area contributed by atoms with Gasteiger partial charge in [0.1, 0.15) is 5.78 Å². The molecule has 0 amide bonds. The molecule has 1 saturated carbocycles. The first-order chi connectivity index (χ1) is 10.2. The molecule has 0 saturated heterocycles. The summed E-state index contributed by atoms with van der Waals surface area (Å²) >= 11 is 0. The van der Waals surface area contributed by atoms with Crippen LogP contribution in [0.1, 0.15) is 84.0 Å². The van der Waals surface area contributed by atoms with Crippen molar-refractivity contribution in [3.8, 4) is 0 Å². The zero-order valence-electron chi connectivity index (χ0n) is 13.9. The Hall–Kier alpha value is -0.860. The van der Waals surface area contributed by atoms with E-state index in [2.05, 4.69) is 11.7 Å². The SMILES string of the molecule is CCCCCC1CCC(=O)C1CCCCCCC(=O)OC. The van der Waals surface area contributed by atoms with Gasteiger partial charge in [0.2, 0.25) is 0 Å². The van der Waals surface area contributed by atoms with Crippen molar-refractivity contribution in [1.82, 2.24) is 0 Å². The highest BCUT2D eigenvalue weighted by atomic mass is 16.5. The van der Waals surface area contributed by atoms with Gasteiger partial charge in [0.25, 0.3) is 0 Å². The third-order valence-corrected chi connectivity index (χ3v) is 4.80. The maximum absolute atomic E-state index is 12.0. The van der Waals surface area contributed by atoms with E-state index in [0.717, 1.165) is 44.9 Å². The van der Waals surface area contributed by atoms with Crippen LogP contribution in [0.5, 0.6) is 0 Å². The van der Waals surface area contributed by atoms with Crippen molar-refractivity contribution in [3.05, 3.63) is 0 Å². The molecule has 2 atom stereocenters. The van der Waals surface area contributed by atoms with Crippen LogP contribution in [0.3, 0.4) is 0 Å². The number of hydrogen-bond donors (Lipinski definition) is 0. The second-order valence-electron chi connectivity index (χ2n) is 6.40. The van der Waals surface area contributed by atoms with Crippen LogP contribution in [0, 0.1) is 11.8 Å². The second-order valence-corrected chi connectivity index (χ2v) is 6.40. The van der Waals surface area contributed by atoms with Crippen molar-refractivity contribution in [2.75, 3.05) is 7.11 Å². The minimum Gasteiger partial charge on any atom is -0.469 e. The summed E-state index contributed by atoms with van der Waals surface area (Å²) in [6.07, 6.45) is 12.8. The van der Waals surface area contributed by atoms with Gasteiger partial charge in [-0.25, -0.2) is 0 Å². The number of carbonyl (C=O) groups is 2. The molecule has 1 rings (SSSR count). The highest BCUT2D eigenvalue weighted by Crippen LogP contribution is 2.36. The quantitative estimate of drug-likeness (QED) is 0.411. The average Bonchev–Trinajstić information content (AvgIpc) is 2.83. The number of methoxy groups -OCH3 is 1. The Morgan fingerprint density at radius 1 is 1.10 bits per heavy atom.